The van der Waals surface area contributed by atoms with Crippen LogP contribution in [-0.2, 0) is 4.79 Å². The Morgan fingerprint density at radius 3 is 2.27 bits per heavy atom. The fourth-order valence-electron chi connectivity index (χ4n) is 1.29. The quantitative estimate of drug-likeness (QED) is 0.263. The molecule has 0 fully saturated rings. The number of urea groups is 1. The number of nitrogens with zero attached hydrogens (tertiary/aromatic N) is 2. The first-order valence-electron chi connectivity index (χ1n) is 6.31. The first-order chi connectivity index (χ1) is 10.2. The summed E-state index contributed by atoms with van der Waals surface area (Å²) in [5, 5.41) is 1.31. The van der Waals surface area contributed by atoms with Gasteiger partial charge in [0.05, 0.1) is 5.69 Å². The maximum absolute atomic E-state index is 13.4. The van der Waals surface area contributed by atoms with E-state index in [1.807, 2.05) is 13.8 Å². The van der Waals surface area contributed by atoms with Gasteiger partial charge in [-0.25, -0.2) is 25.9 Å². The van der Waals surface area contributed by atoms with Crippen LogP contribution in [0.15, 0.2) is 12.1 Å². The molecule has 124 valence electrons. The molecule has 0 saturated heterocycles. The van der Waals surface area contributed by atoms with Crippen molar-refractivity contribution in [3.8, 4) is 5.75 Å². The Morgan fingerprint density at radius 1 is 1.27 bits per heavy atom. The molecule has 8 N–H and O–H groups in total. The van der Waals surface area contributed by atoms with Crippen LogP contribution in [0.2, 0.25) is 0 Å². The van der Waals surface area contributed by atoms with Crippen molar-refractivity contribution >= 4 is 23.3 Å². The zero-order valence-corrected chi connectivity index (χ0v) is 12.7. The number of benzene rings is 1. The lowest BCUT2D eigenvalue weighted by molar-refractivity contribution is -0.119. The summed E-state index contributed by atoms with van der Waals surface area (Å²) in [6.45, 7) is 3.48. The van der Waals surface area contributed by atoms with Gasteiger partial charge in [0.2, 0.25) is 0 Å². The van der Waals surface area contributed by atoms with E-state index in [1.165, 1.54) is 7.05 Å². The molecule has 0 aromatic heterocycles. The standard InChI is InChI=1S/C10H15FN6O3.C2H6/c1-16(14)10(19)17(15)7-3-6(12)5(11)2-8(7)20-4-9(13)18;1-2/h2-3H,4,12,14-15H2,1H3,(H2,13,18);1-2H3. The topological polar surface area (TPSA) is 154 Å². The van der Waals surface area contributed by atoms with Crippen molar-refractivity contribution in [3.63, 3.8) is 0 Å². The molecule has 0 aliphatic heterocycles. The van der Waals surface area contributed by atoms with Gasteiger partial charge in [0, 0.05) is 13.1 Å². The molecule has 10 heteroatoms. The third-order valence-corrected chi connectivity index (χ3v) is 2.22. The van der Waals surface area contributed by atoms with Crippen LogP contribution < -0.4 is 32.9 Å². The maximum atomic E-state index is 13.4. The monoisotopic (exact) mass is 316 g/mol. The Balaban J connectivity index is 0.00000211. The Hall–Kier alpha value is -2.59. The summed E-state index contributed by atoms with van der Waals surface area (Å²) in [5.41, 5.74) is 10.0. The lowest BCUT2D eigenvalue weighted by Crippen LogP contribution is -2.48. The summed E-state index contributed by atoms with van der Waals surface area (Å²) in [6.07, 6.45) is 0. The Labute approximate surface area is 127 Å². The van der Waals surface area contributed by atoms with E-state index in [1.54, 1.807) is 0 Å². The van der Waals surface area contributed by atoms with Crippen LogP contribution in [0.5, 0.6) is 5.75 Å². The van der Waals surface area contributed by atoms with Gasteiger partial charge < -0.3 is 16.2 Å². The highest BCUT2D eigenvalue weighted by molar-refractivity contribution is 5.92. The van der Waals surface area contributed by atoms with Crippen LogP contribution in [0.4, 0.5) is 20.6 Å². The number of carbonyl (C=O) groups is 2. The third kappa shape index (κ3) is 5.07. The van der Waals surface area contributed by atoms with Gasteiger partial charge in [-0.15, -0.1) is 0 Å². The summed E-state index contributed by atoms with van der Waals surface area (Å²) in [6, 6.07) is 1.16. The van der Waals surface area contributed by atoms with E-state index in [-0.39, 0.29) is 17.1 Å². The lowest BCUT2D eigenvalue weighted by atomic mass is 10.2. The SMILES string of the molecule is CC.CN(N)C(=O)N(N)c1cc(N)c(F)cc1OCC(N)=O. The number of primary amides is 1. The first-order valence-corrected chi connectivity index (χ1v) is 6.31. The largest absolute Gasteiger partial charge is 0.481 e. The zero-order valence-electron chi connectivity index (χ0n) is 12.7. The van der Waals surface area contributed by atoms with Gasteiger partial charge in [0.15, 0.2) is 6.61 Å². The number of nitrogens with two attached hydrogens (primary N) is 4. The predicted molar refractivity (Wildman–Crippen MR) is 80.9 cm³/mol. The number of hydrogen-bond acceptors (Lipinski definition) is 6. The van der Waals surface area contributed by atoms with E-state index >= 15 is 0 Å². The first kappa shape index (κ1) is 19.4. The molecule has 0 atom stereocenters. The number of rotatable bonds is 4. The maximum Gasteiger partial charge on any atom is 0.352 e. The average Bonchev–Trinajstić information content (AvgIpc) is 2.48. The molecule has 1 aromatic carbocycles. The van der Waals surface area contributed by atoms with E-state index in [4.69, 9.17) is 27.9 Å². The molecule has 0 spiro atoms. The van der Waals surface area contributed by atoms with Crippen LogP contribution in [0, 0.1) is 5.82 Å². The van der Waals surface area contributed by atoms with Crippen molar-refractivity contribution < 1.29 is 18.7 Å². The summed E-state index contributed by atoms with van der Waals surface area (Å²) in [4.78, 5) is 22.3. The smallest absolute Gasteiger partial charge is 0.352 e. The van der Waals surface area contributed by atoms with Crippen molar-refractivity contribution in [2.75, 3.05) is 24.4 Å². The van der Waals surface area contributed by atoms with Crippen molar-refractivity contribution in [1.29, 1.82) is 0 Å². The minimum atomic E-state index is -0.806. The molecule has 0 radical (unpaired) electrons. The van der Waals surface area contributed by atoms with Crippen LogP contribution in [0.25, 0.3) is 0 Å². The molecule has 1 aromatic rings. The highest BCUT2D eigenvalue weighted by atomic mass is 19.1. The molecule has 0 aliphatic rings. The number of carbonyl (C=O) groups excluding carboxylic acids is 2. The minimum absolute atomic E-state index is 0.0625. The minimum Gasteiger partial charge on any atom is -0.481 e. The van der Waals surface area contributed by atoms with Gasteiger partial charge in [-0.2, -0.15) is 0 Å². The van der Waals surface area contributed by atoms with E-state index in [0.717, 1.165) is 12.1 Å². The molecular weight excluding hydrogens is 295 g/mol. The second-order valence-electron chi connectivity index (χ2n) is 3.86. The molecule has 0 bridgehead atoms. The molecule has 22 heavy (non-hydrogen) atoms. The van der Waals surface area contributed by atoms with Crippen LogP contribution in [0.1, 0.15) is 13.8 Å². The van der Waals surface area contributed by atoms with Gasteiger partial charge >= 0.3 is 6.03 Å². The second-order valence-corrected chi connectivity index (χ2v) is 3.86. The van der Waals surface area contributed by atoms with Gasteiger partial charge in [-0.3, -0.25) is 9.80 Å². The summed E-state index contributed by atoms with van der Waals surface area (Å²) >= 11 is 0. The Morgan fingerprint density at radius 2 is 1.82 bits per heavy atom. The molecule has 0 unspecified atom stereocenters. The number of anilines is 2. The van der Waals surface area contributed by atoms with Crippen molar-refractivity contribution in [3.05, 3.63) is 17.9 Å². The number of hydrogen-bond donors (Lipinski definition) is 4. The van der Waals surface area contributed by atoms with Gasteiger partial charge in [0.25, 0.3) is 5.91 Å². The molecule has 1 rings (SSSR count). The van der Waals surface area contributed by atoms with E-state index < -0.39 is 24.4 Å². The third-order valence-electron chi connectivity index (χ3n) is 2.22. The molecule has 9 nitrogen and oxygen atoms in total. The van der Waals surface area contributed by atoms with Gasteiger partial charge in [-0.1, -0.05) is 13.8 Å². The number of halogens is 1. The van der Waals surface area contributed by atoms with Crippen molar-refractivity contribution in [2.45, 2.75) is 13.8 Å². The fourth-order valence-corrected chi connectivity index (χ4v) is 1.29. The van der Waals surface area contributed by atoms with E-state index in [0.29, 0.717) is 10.0 Å². The second kappa shape index (κ2) is 8.64. The van der Waals surface area contributed by atoms with Gasteiger partial charge in [-0.05, 0) is 6.07 Å². The summed E-state index contributed by atoms with van der Waals surface area (Å²) in [5.74, 6) is 9.06. The normalized spacial score (nSPS) is 9.36. The molecule has 3 amide bonds. The molecule has 0 aliphatic carbocycles. The Kier molecular flexibility index (Phi) is 7.63. The zero-order chi connectivity index (χ0) is 17.4. The highest BCUT2D eigenvalue weighted by Crippen LogP contribution is 2.31. The summed E-state index contributed by atoms with van der Waals surface area (Å²) in [7, 11) is 1.26. The molecule has 0 saturated carbocycles. The molecular formula is C12H21FN6O3. The fraction of sp³-hybridized carbons (Fsp3) is 0.333. The van der Waals surface area contributed by atoms with Crippen molar-refractivity contribution in [2.24, 2.45) is 17.4 Å². The molecule has 0 heterocycles. The lowest BCUT2D eigenvalue weighted by Gasteiger charge is -2.23. The van der Waals surface area contributed by atoms with Gasteiger partial charge in [0.1, 0.15) is 17.3 Å². The summed E-state index contributed by atoms with van der Waals surface area (Å²) < 4.78 is 18.4. The van der Waals surface area contributed by atoms with Crippen LogP contribution >= 0.6 is 0 Å². The number of hydrazine groups is 2. The number of amides is 3. The number of ether oxygens (including phenoxy) is 1. The predicted octanol–water partition coefficient (Wildman–Crippen LogP) is -0.0962. The van der Waals surface area contributed by atoms with Crippen molar-refractivity contribution in [1.82, 2.24) is 5.01 Å². The Bertz CT molecular complexity index is 538. The van der Waals surface area contributed by atoms with Crippen LogP contribution in [0.3, 0.4) is 0 Å². The van der Waals surface area contributed by atoms with E-state index in [9.17, 15) is 14.0 Å². The van der Waals surface area contributed by atoms with E-state index in [2.05, 4.69) is 0 Å². The number of nitrogen functional groups attached to an aromatic ring is 1. The van der Waals surface area contributed by atoms with Crippen LogP contribution in [-0.4, -0.2) is 30.6 Å². The highest BCUT2D eigenvalue weighted by Gasteiger charge is 2.21. The average molecular weight is 316 g/mol.